The van der Waals surface area contributed by atoms with Gasteiger partial charge in [-0.3, -0.25) is 0 Å². The van der Waals surface area contributed by atoms with Crippen LogP contribution in [0.15, 0.2) is 30.5 Å². The highest BCUT2D eigenvalue weighted by Gasteiger charge is 2.23. The van der Waals surface area contributed by atoms with Crippen LogP contribution < -0.4 is 10.2 Å². The summed E-state index contributed by atoms with van der Waals surface area (Å²) in [5, 5.41) is 3.45. The highest BCUT2D eigenvalue weighted by atomic mass is 16.6. The van der Waals surface area contributed by atoms with Crippen molar-refractivity contribution < 1.29 is 9.53 Å². The van der Waals surface area contributed by atoms with Gasteiger partial charge in [-0.25, -0.2) is 9.78 Å². The summed E-state index contributed by atoms with van der Waals surface area (Å²) in [7, 11) is 0. The Morgan fingerprint density at radius 2 is 1.96 bits per heavy atom. The second-order valence-corrected chi connectivity index (χ2v) is 6.50. The van der Waals surface area contributed by atoms with E-state index in [2.05, 4.69) is 52.2 Å². The van der Waals surface area contributed by atoms with Crippen LogP contribution in [0.1, 0.15) is 25.0 Å². The fraction of sp³-hybridized carbons (Fsp3) is 0.450. The van der Waals surface area contributed by atoms with Crippen molar-refractivity contribution in [2.75, 3.05) is 43.0 Å². The Morgan fingerprint density at radius 3 is 2.67 bits per heavy atom. The van der Waals surface area contributed by atoms with E-state index in [9.17, 15) is 4.79 Å². The molecular weight excluding hydrogens is 342 g/mol. The van der Waals surface area contributed by atoms with E-state index in [1.54, 1.807) is 11.1 Å². The Labute approximate surface area is 160 Å². The number of aromatic nitrogens is 2. The van der Waals surface area contributed by atoms with Crippen LogP contribution >= 0.6 is 0 Å². The van der Waals surface area contributed by atoms with Gasteiger partial charge in [0.1, 0.15) is 5.82 Å². The van der Waals surface area contributed by atoms with Crippen molar-refractivity contribution in [3.63, 3.8) is 0 Å². The molecule has 7 nitrogen and oxygen atoms in total. The zero-order valence-corrected chi connectivity index (χ0v) is 16.2. The number of hydrogen-bond acceptors (Lipinski definition) is 6. The van der Waals surface area contributed by atoms with Crippen LogP contribution in [0.25, 0.3) is 0 Å². The average Bonchev–Trinajstić information content (AvgIpc) is 2.70. The summed E-state index contributed by atoms with van der Waals surface area (Å²) in [6.45, 7) is 9.05. The minimum atomic E-state index is -0.250. The van der Waals surface area contributed by atoms with Crippen molar-refractivity contribution >= 4 is 23.5 Å². The molecule has 144 valence electrons. The van der Waals surface area contributed by atoms with E-state index in [4.69, 9.17) is 4.74 Å². The van der Waals surface area contributed by atoms with Crippen molar-refractivity contribution in [3.05, 3.63) is 41.6 Å². The Morgan fingerprint density at radius 1 is 1.19 bits per heavy atom. The quantitative estimate of drug-likeness (QED) is 0.871. The molecule has 0 radical (unpaired) electrons. The van der Waals surface area contributed by atoms with Crippen molar-refractivity contribution in [3.8, 4) is 0 Å². The predicted molar refractivity (Wildman–Crippen MR) is 107 cm³/mol. The number of anilines is 3. The molecule has 2 aromatic rings. The summed E-state index contributed by atoms with van der Waals surface area (Å²) >= 11 is 0. The van der Waals surface area contributed by atoms with Crippen molar-refractivity contribution in [1.82, 2.24) is 14.9 Å². The molecule has 0 aliphatic carbocycles. The maximum atomic E-state index is 11.8. The molecule has 1 saturated heterocycles. The maximum absolute atomic E-state index is 11.8. The summed E-state index contributed by atoms with van der Waals surface area (Å²) in [6, 6.07) is 8.18. The normalized spacial score (nSPS) is 14.2. The average molecular weight is 369 g/mol. The number of hydrogen-bond donors (Lipinski definition) is 1. The molecule has 0 spiro atoms. The fourth-order valence-electron chi connectivity index (χ4n) is 3.20. The smallest absolute Gasteiger partial charge is 0.409 e. The Kier molecular flexibility index (Phi) is 6.11. The number of aryl methyl sites for hydroxylation is 2. The fourth-order valence-corrected chi connectivity index (χ4v) is 3.20. The lowest BCUT2D eigenvalue weighted by molar-refractivity contribution is 0.105. The molecule has 1 aromatic carbocycles. The number of nitrogens with zero attached hydrogens (tertiary/aromatic N) is 4. The third kappa shape index (κ3) is 4.48. The van der Waals surface area contributed by atoms with Gasteiger partial charge in [-0.05, 0) is 37.5 Å². The summed E-state index contributed by atoms with van der Waals surface area (Å²) in [5.41, 5.74) is 3.56. The van der Waals surface area contributed by atoms with Crippen LogP contribution in [-0.2, 0) is 11.2 Å². The first kappa shape index (κ1) is 18.9. The van der Waals surface area contributed by atoms with Gasteiger partial charge >= 0.3 is 6.09 Å². The molecule has 1 aromatic heterocycles. The molecule has 0 atom stereocenters. The minimum Gasteiger partial charge on any atom is -0.450 e. The number of para-hydroxylation sites is 1. The Hall–Kier alpha value is -2.83. The van der Waals surface area contributed by atoms with Crippen molar-refractivity contribution in [1.29, 1.82) is 0 Å². The molecule has 1 amide bonds. The molecule has 0 saturated carbocycles. The van der Waals surface area contributed by atoms with Gasteiger partial charge in [0.25, 0.3) is 0 Å². The van der Waals surface area contributed by atoms with Crippen molar-refractivity contribution in [2.24, 2.45) is 0 Å². The number of carbonyl (C=O) groups excluding carboxylic acids is 1. The summed E-state index contributed by atoms with van der Waals surface area (Å²) < 4.78 is 5.07. The molecule has 3 rings (SSSR count). The molecular formula is C20H27N5O2. The molecule has 27 heavy (non-hydrogen) atoms. The Balaban J connectivity index is 1.69. The van der Waals surface area contributed by atoms with E-state index in [0.29, 0.717) is 38.7 Å². The van der Waals surface area contributed by atoms with Gasteiger partial charge in [0.05, 0.1) is 6.61 Å². The number of nitrogens with one attached hydrogen (secondary N) is 1. The third-order valence-electron chi connectivity index (χ3n) is 4.72. The van der Waals surface area contributed by atoms with Crippen LogP contribution in [0.2, 0.25) is 0 Å². The highest BCUT2D eigenvalue weighted by Crippen LogP contribution is 2.25. The van der Waals surface area contributed by atoms with E-state index in [1.165, 1.54) is 11.1 Å². The number of ether oxygens (including phenoxy) is 1. The van der Waals surface area contributed by atoms with Gasteiger partial charge in [0.2, 0.25) is 5.95 Å². The summed E-state index contributed by atoms with van der Waals surface area (Å²) in [6.07, 6.45) is 2.48. The van der Waals surface area contributed by atoms with Crippen LogP contribution in [0.4, 0.5) is 22.2 Å². The van der Waals surface area contributed by atoms with Gasteiger partial charge in [-0.1, -0.05) is 25.1 Å². The number of rotatable bonds is 5. The van der Waals surface area contributed by atoms with Crippen LogP contribution in [-0.4, -0.2) is 53.7 Å². The number of amides is 1. The van der Waals surface area contributed by atoms with Gasteiger partial charge in [-0.15, -0.1) is 0 Å². The molecule has 0 bridgehead atoms. The molecule has 0 unspecified atom stereocenters. The zero-order chi connectivity index (χ0) is 19.2. The van der Waals surface area contributed by atoms with Crippen molar-refractivity contribution in [2.45, 2.75) is 27.2 Å². The van der Waals surface area contributed by atoms with Gasteiger partial charge in [-0.2, -0.15) is 4.98 Å². The topological polar surface area (TPSA) is 70.6 Å². The zero-order valence-electron chi connectivity index (χ0n) is 16.2. The third-order valence-corrected chi connectivity index (χ3v) is 4.72. The van der Waals surface area contributed by atoms with Gasteiger partial charge < -0.3 is 19.9 Å². The van der Waals surface area contributed by atoms with Gasteiger partial charge in [0.15, 0.2) is 0 Å². The number of piperazine rings is 1. The number of benzene rings is 1. The van der Waals surface area contributed by atoms with E-state index >= 15 is 0 Å². The SMILES string of the molecule is CCOC(=O)N1CCN(c2nccc(Nc3c(C)cccc3CC)n2)CC1. The molecule has 1 aliphatic heterocycles. The maximum Gasteiger partial charge on any atom is 0.409 e. The lowest BCUT2D eigenvalue weighted by atomic mass is 10.1. The minimum absolute atomic E-state index is 0.250. The molecule has 2 heterocycles. The van der Waals surface area contributed by atoms with Crippen LogP contribution in [0.3, 0.4) is 0 Å². The van der Waals surface area contributed by atoms with Crippen LogP contribution in [0, 0.1) is 6.92 Å². The summed E-state index contributed by atoms with van der Waals surface area (Å²) in [4.78, 5) is 24.8. The van der Waals surface area contributed by atoms with E-state index in [0.717, 1.165) is 17.9 Å². The monoisotopic (exact) mass is 369 g/mol. The second-order valence-electron chi connectivity index (χ2n) is 6.50. The lowest BCUT2D eigenvalue weighted by Crippen LogP contribution is -2.49. The predicted octanol–water partition coefficient (Wildman–Crippen LogP) is 3.37. The van der Waals surface area contributed by atoms with E-state index in [-0.39, 0.29) is 6.09 Å². The first-order valence-corrected chi connectivity index (χ1v) is 9.47. The van der Waals surface area contributed by atoms with Gasteiger partial charge in [0, 0.05) is 38.1 Å². The second kappa shape index (κ2) is 8.70. The lowest BCUT2D eigenvalue weighted by Gasteiger charge is -2.34. The first-order chi connectivity index (χ1) is 13.1. The van der Waals surface area contributed by atoms with Crippen LogP contribution in [0.5, 0.6) is 0 Å². The Bertz CT molecular complexity index is 788. The molecule has 1 aliphatic rings. The standard InChI is InChI=1S/C20H27N5O2/c1-4-16-8-6-7-15(3)18(16)22-17-9-10-21-19(23-17)24-11-13-25(14-12-24)20(26)27-5-2/h6-10H,4-5,11-14H2,1-3H3,(H,21,22,23). The largest absolute Gasteiger partial charge is 0.450 e. The van der Waals surface area contributed by atoms with E-state index in [1.807, 2.05) is 13.0 Å². The van der Waals surface area contributed by atoms with E-state index < -0.39 is 0 Å². The highest BCUT2D eigenvalue weighted by molar-refractivity contribution is 5.68. The molecule has 7 heteroatoms. The molecule has 1 N–H and O–H groups in total. The number of carbonyl (C=O) groups is 1. The summed E-state index contributed by atoms with van der Waals surface area (Å²) in [5.74, 6) is 1.45. The molecule has 1 fully saturated rings. The first-order valence-electron chi connectivity index (χ1n) is 9.47.